The molecule has 1 unspecified atom stereocenters. The molecule has 27 heavy (non-hydrogen) atoms. The fourth-order valence-electron chi connectivity index (χ4n) is 3.56. The minimum Gasteiger partial charge on any atom is -0.493 e. The van der Waals surface area contributed by atoms with Gasteiger partial charge in [-0.2, -0.15) is 0 Å². The van der Waals surface area contributed by atoms with Gasteiger partial charge in [0.25, 0.3) is 0 Å². The topological polar surface area (TPSA) is 64.8 Å². The van der Waals surface area contributed by atoms with Gasteiger partial charge < -0.3 is 20.1 Å². The number of nitrogen functional groups attached to an aromatic ring is 1. The fraction of sp³-hybridized carbons (Fsp3) is 0.409. The average Bonchev–Trinajstić information content (AvgIpc) is 3.04. The van der Waals surface area contributed by atoms with E-state index in [0.717, 1.165) is 43.8 Å². The van der Waals surface area contributed by atoms with Gasteiger partial charge in [-0.1, -0.05) is 26.0 Å². The van der Waals surface area contributed by atoms with Gasteiger partial charge in [-0.05, 0) is 56.3 Å². The number of benzene rings is 2. The van der Waals surface area contributed by atoms with Crippen molar-refractivity contribution in [3.05, 3.63) is 53.6 Å². The summed E-state index contributed by atoms with van der Waals surface area (Å²) in [5.41, 5.74) is 7.78. The Balaban J connectivity index is 1.74. The maximum atomic E-state index is 12.4. The number of carbonyl (C=O) groups excluding carboxylic acids is 1. The standard InChI is InChI=1S/C22H28N2O3/c1-3-11-24(12-4-2)14-16-15-26-21-10-9-17(13-19(16)21)27-22(25)18-7-5-6-8-20(18)23/h5-10,13,16H,3-4,11-12,14-15,23H2,1-2H3. The smallest absolute Gasteiger partial charge is 0.345 e. The molecule has 2 aromatic carbocycles. The predicted octanol–water partition coefficient (Wildman–Crippen LogP) is 4.09. The minimum atomic E-state index is -0.442. The van der Waals surface area contributed by atoms with Crippen molar-refractivity contribution in [1.29, 1.82) is 0 Å². The van der Waals surface area contributed by atoms with Crippen molar-refractivity contribution in [2.24, 2.45) is 0 Å². The summed E-state index contributed by atoms with van der Waals surface area (Å²) in [6.07, 6.45) is 2.27. The second kappa shape index (κ2) is 8.91. The molecule has 1 atom stereocenters. The maximum Gasteiger partial charge on any atom is 0.345 e. The molecule has 0 amide bonds. The van der Waals surface area contributed by atoms with E-state index < -0.39 is 5.97 Å². The second-order valence-corrected chi connectivity index (χ2v) is 6.98. The van der Waals surface area contributed by atoms with Gasteiger partial charge in [0.1, 0.15) is 11.5 Å². The van der Waals surface area contributed by atoms with Crippen LogP contribution in [0.5, 0.6) is 11.5 Å². The zero-order chi connectivity index (χ0) is 19.2. The van der Waals surface area contributed by atoms with Gasteiger partial charge >= 0.3 is 5.97 Å². The van der Waals surface area contributed by atoms with Crippen molar-refractivity contribution >= 4 is 11.7 Å². The Morgan fingerprint density at radius 1 is 1.19 bits per heavy atom. The third-order valence-electron chi connectivity index (χ3n) is 4.81. The number of nitrogens with two attached hydrogens (primary N) is 1. The highest BCUT2D eigenvalue weighted by Gasteiger charge is 2.27. The molecule has 0 radical (unpaired) electrons. The Morgan fingerprint density at radius 3 is 2.63 bits per heavy atom. The number of hydrogen-bond acceptors (Lipinski definition) is 5. The summed E-state index contributed by atoms with van der Waals surface area (Å²) in [6.45, 7) is 8.20. The number of hydrogen-bond donors (Lipinski definition) is 1. The number of carbonyl (C=O) groups is 1. The Labute approximate surface area is 161 Å². The first-order chi connectivity index (χ1) is 13.1. The van der Waals surface area contributed by atoms with E-state index in [9.17, 15) is 4.79 Å². The summed E-state index contributed by atoms with van der Waals surface area (Å²) in [7, 11) is 0. The third-order valence-corrected chi connectivity index (χ3v) is 4.81. The number of para-hydroxylation sites is 1. The molecule has 0 spiro atoms. The maximum absolute atomic E-state index is 12.4. The molecule has 0 aliphatic carbocycles. The van der Waals surface area contributed by atoms with Gasteiger partial charge in [-0.25, -0.2) is 4.79 Å². The molecule has 2 aromatic rings. The van der Waals surface area contributed by atoms with E-state index in [0.29, 0.717) is 29.5 Å². The first-order valence-electron chi connectivity index (χ1n) is 9.68. The molecule has 1 aliphatic heterocycles. The molecule has 2 N–H and O–H groups in total. The molecular weight excluding hydrogens is 340 g/mol. The van der Waals surface area contributed by atoms with Gasteiger partial charge in [0.15, 0.2) is 0 Å². The lowest BCUT2D eigenvalue weighted by molar-refractivity contribution is 0.0735. The van der Waals surface area contributed by atoms with Crippen molar-refractivity contribution in [1.82, 2.24) is 4.90 Å². The second-order valence-electron chi connectivity index (χ2n) is 6.98. The zero-order valence-electron chi connectivity index (χ0n) is 16.1. The predicted molar refractivity (Wildman–Crippen MR) is 108 cm³/mol. The minimum absolute atomic E-state index is 0.290. The number of fused-ring (bicyclic) bond motifs is 1. The van der Waals surface area contributed by atoms with Crippen LogP contribution in [0.25, 0.3) is 0 Å². The van der Waals surface area contributed by atoms with Crippen LogP contribution in [0, 0.1) is 0 Å². The quantitative estimate of drug-likeness (QED) is 0.432. The number of ether oxygens (including phenoxy) is 2. The summed E-state index contributed by atoms with van der Waals surface area (Å²) in [5, 5.41) is 0. The fourth-order valence-corrected chi connectivity index (χ4v) is 3.56. The van der Waals surface area contributed by atoms with Gasteiger partial charge in [-0.3, -0.25) is 0 Å². The van der Waals surface area contributed by atoms with Crippen LogP contribution in [0.1, 0.15) is 48.5 Å². The molecule has 0 saturated heterocycles. The first-order valence-corrected chi connectivity index (χ1v) is 9.68. The van der Waals surface area contributed by atoms with Crippen molar-refractivity contribution < 1.29 is 14.3 Å². The summed E-state index contributed by atoms with van der Waals surface area (Å²) in [6, 6.07) is 12.5. The third kappa shape index (κ3) is 4.61. The van der Waals surface area contributed by atoms with E-state index in [1.54, 1.807) is 30.3 Å². The molecule has 0 bridgehead atoms. The normalized spacial score (nSPS) is 15.4. The molecule has 144 valence electrons. The van der Waals surface area contributed by atoms with E-state index >= 15 is 0 Å². The van der Waals surface area contributed by atoms with Crippen LogP contribution in [-0.4, -0.2) is 37.1 Å². The van der Waals surface area contributed by atoms with Crippen LogP contribution in [-0.2, 0) is 0 Å². The van der Waals surface area contributed by atoms with E-state index in [-0.39, 0.29) is 0 Å². The number of rotatable bonds is 8. The highest BCUT2D eigenvalue weighted by Crippen LogP contribution is 2.37. The number of esters is 1. The summed E-state index contributed by atoms with van der Waals surface area (Å²) >= 11 is 0. The Morgan fingerprint density at radius 2 is 1.93 bits per heavy atom. The molecule has 0 saturated carbocycles. The Hall–Kier alpha value is -2.53. The van der Waals surface area contributed by atoms with Crippen LogP contribution in [0.4, 0.5) is 5.69 Å². The lowest BCUT2D eigenvalue weighted by Crippen LogP contribution is -2.30. The van der Waals surface area contributed by atoms with Gasteiger partial charge in [-0.15, -0.1) is 0 Å². The van der Waals surface area contributed by atoms with Crippen molar-refractivity contribution in [2.75, 3.05) is 32.0 Å². The lowest BCUT2D eigenvalue weighted by atomic mass is 10.00. The van der Waals surface area contributed by atoms with E-state index in [2.05, 4.69) is 18.7 Å². The SMILES string of the molecule is CCCN(CCC)CC1COc2ccc(OC(=O)c3ccccc3N)cc21. The van der Waals surface area contributed by atoms with Crippen molar-refractivity contribution in [3.8, 4) is 11.5 Å². The van der Waals surface area contributed by atoms with Crippen LogP contribution < -0.4 is 15.2 Å². The molecule has 1 heterocycles. The highest BCUT2D eigenvalue weighted by atomic mass is 16.5. The highest BCUT2D eigenvalue weighted by molar-refractivity contribution is 5.96. The van der Waals surface area contributed by atoms with Crippen LogP contribution in [0.15, 0.2) is 42.5 Å². The van der Waals surface area contributed by atoms with Crippen LogP contribution in [0.3, 0.4) is 0 Å². The van der Waals surface area contributed by atoms with Gasteiger partial charge in [0.05, 0.1) is 12.2 Å². The summed E-state index contributed by atoms with van der Waals surface area (Å²) in [5.74, 6) is 1.25. The Bertz CT molecular complexity index is 785. The van der Waals surface area contributed by atoms with E-state index in [1.807, 2.05) is 12.1 Å². The molecule has 3 rings (SSSR count). The number of anilines is 1. The monoisotopic (exact) mass is 368 g/mol. The molecular formula is C22H28N2O3. The van der Waals surface area contributed by atoms with Crippen molar-refractivity contribution in [3.63, 3.8) is 0 Å². The number of nitrogens with zero attached hydrogens (tertiary/aromatic N) is 1. The molecule has 5 nitrogen and oxygen atoms in total. The zero-order valence-corrected chi connectivity index (χ0v) is 16.1. The lowest BCUT2D eigenvalue weighted by Gasteiger charge is -2.24. The van der Waals surface area contributed by atoms with Crippen molar-refractivity contribution in [2.45, 2.75) is 32.6 Å². The van der Waals surface area contributed by atoms with E-state index in [4.69, 9.17) is 15.2 Å². The van der Waals surface area contributed by atoms with Crippen LogP contribution >= 0.6 is 0 Å². The molecule has 0 fully saturated rings. The summed E-state index contributed by atoms with van der Waals surface area (Å²) < 4.78 is 11.4. The van der Waals surface area contributed by atoms with Gasteiger partial charge in [0, 0.05) is 23.7 Å². The van der Waals surface area contributed by atoms with Crippen LogP contribution in [0.2, 0.25) is 0 Å². The first kappa shape index (κ1) is 19.2. The molecule has 0 aromatic heterocycles. The largest absolute Gasteiger partial charge is 0.493 e. The summed E-state index contributed by atoms with van der Waals surface area (Å²) in [4.78, 5) is 14.9. The van der Waals surface area contributed by atoms with E-state index in [1.165, 1.54) is 0 Å². The van der Waals surface area contributed by atoms with Gasteiger partial charge in [0.2, 0.25) is 0 Å². The molecule has 1 aliphatic rings. The molecule has 5 heteroatoms. The Kier molecular flexibility index (Phi) is 6.35. The average molecular weight is 368 g/mol.